The van der Waals surface area contributed by atoms with Crippen LogP contribution in [0.25, 0.3) is 11.0 Å². The molecule has 1 atom stereocenters. The van der Waals surface area contributed by atoms with E-state index in [0.29, 0.717) is 33.5 Å². The Morgan fingerprint density at radius 1 is 1.27 bits per heavy atom. The Morgan fingerprint density at radius 3 is 2.63 bits per heavy atom. The van der Waals surface area contributed by atoms with Gasteiger partial charge in [-0.2, -0.15) is 0 Å². The number of carbonyl (C=O) groups is 1. The van der Waals surface area contributed by atoms with Crippen LogP contribution in [0.1, 0.15) is 29.9 Å². The van der Waals surface area contributed by atoms with E-state index in [-0.39, 0.29) is 17.0 Å². The van der Waals surface area contributed by atoms with E-state index in [0.717, 1.165) is 11.4 Å². The number of halogens is 1. The Morgan fingerprint density at radius 2 is 2.00 bits per heavy atom. The summed E-state index contributed by atoms with van der Waals surface area (Å²) in [6, 6.07) is 10.6. The Labute approximate surface area is 183 Å². The van der Waals surface area contributed by atoms with Crippen LogP contribution in [-0.4, -0.2) is 32.4 Å². The van der Waals surface area contributed by atoms with Crippen molar-refractivity contribution in [2.45, 2.75) is 33.4 Å². The molecule has 0 aliphatic carbocycles. The largest absolute Gasteiger partial charge is 0.332 e. The molecule has 0 bridgehead atoms. The molecule has 0 fully saturated rings. The number of thioether (sulfide) groups is 1. The lowest BCUT2D eigenvalue weighted by molar-refractivity contribution is 0.100. The lowest BCUT2D eigenvalue weighted by Gasteiger charge is -2.22. The quantitative estimate of drug-likeness (QED) is 0.600. The maximum absolute atomic E-state index is 13.7. The van der Waals surface area contributed by atoms with E-state index in [9.17, 15) is 9.59 Å². The maximum atomic E-state index is 13.7. The molecule has 1 amide bonds. The molecule has 0 saturated carbocycles. The van der Waals surface area contributed by atoms with E-state index in [2.05, 4.69) is 9.98 Å². The topological polar surface area (TPSA) is 67.6 Å². The Hall–Kier alpha value is -2.64. The molecule has 0 N–H and O–H groups in total. The fourth-order valence-corrected chi connectivity index (χ4v) is 4.52. The molecule has 0 unspecified atom stereocenters. The third-order valence-electron chi connectivity index (χ3n) is 4.90. The molecule has 1 aliphatic heterocycles. The van der Waals surface area contributed by atoms with Crippen molar-refractivity contribution in [1.82, 2.24) is 9.55 Å². The van der Waals surface area contributed by atoms with E-state index in [1.54, 1.807) is 42.6 Å². The number of hydrogen-bond donors (Lipinski definition) is 0. The number of aliphatic imine (C=N–C) groups is 1. The summed E-state index contributed by atoms with van der Waals surface area (Å²) < 4.78 is 1.84. The summed E-state index contributed by atoms with van der Waals surface area (Å²) in [5.74, 6) is 0.375. The molecule has 1 aliphatic rings. The SMILES string of the molecule is CCn1cc(C(=O)N(C2=N[C@H](C)CS2)c2ccc(Cl)cc2)c(=O)c2ccc(C)nc21. The van der Waals surface area contributed by atoms with Crippen molar-refractivity contribution in [3.63, 3.8) is 0 Å². The Kier molecular flexibility index (Phi) is 5.66. The van der Waals surface area contributed by atoms with Gasteiger partial charge in [-0.3, -0.25) is 19.5 Å². The molecular formula is C22H21ClN4O2S. The molecule has 8 heteroatoms. The second-order valence-corrected chi connectivity index (χ2v) is 8.59. The number of fused-ring (bicyclic) bond motifs is 1. The number of nitrogens with zero attached hydrogens (tertiary/aromatic N) is 4. The zero-order chi connectivity index (χ0) is 21.4. The zero-order valence-electron chi connectivity index (χ0n) is 16.9. The number of amides is 1. The summed E-state index contributed by atoms with van der Waals surface area (Å²) >= 11 is 7.54. The Bertz CT molecular complexity index is 1220. The second kappa shape index (κ2) is 8.24. The summed E-state index contributed by atoms with van der Waals surface area (Å²) in [4.78, 5) is 37.6. The minimum Gasteiger partial charge on any atom is -0.332 e. The van der Waals surface area contributed by atoms with E-state index in [4.69, 9.17) is 11.6 Å². The van der Waals surface area contributed by atoms with Crippen molar-refractivity contribution < 1.29 is 4.79 Å². The normalized spacial score (nSPS) is 16.0. The van der Waals surface area contributed by atoms with Gasteiger partial charge in [-0.1, -0.05) is 23.4 Å². The number of hydrogen-bond acceptors (Lipinski definition) is 5. The number of pyridine rings is 2. The van der Waals surface area contributed by atoms with Gasteiger partial charge in [0, 0.05) is 29.2 Å². The predicted molar refractivity (Wildman–Crippen MR) is 124 cm³/mol. The van der Waals surface area contributed by atoms with Crippen LogP contribution >= 0.6 is 23.4 Å². The lowest BCUT2D eigenvalue weighted by atomic mass is 10.1. The number of carbonyl (C=O) groups excluding carboxylic acids is 1. The van der Waals surface area contributed by atoms with E-state index in [1.165, 1.54) is 16.7 Å². The van der Waals surface area contributed by atoms with Gasteiger partial charge in [-0.15, -0.1) is 0 Å². The van der Waals surface area contributed by atoms with Crippen molar-refractivity contribution in [3.8, 4) is 0 Å². The molecule has 154 valence electrons. The van der Waals surface area contributed by atoms with Crippen LogP contribution in [0.15, 0.2) is 52.4 Å². The summed E-state index contributed by atoms with van der Waals surface area (Å²) in [7, 11) is 0. The first kappa shape index (κ1) is 20.6. The van der Waals surface area contributed by atoms with Crippen molar-refractivity contribution in [3.05, 3.63) is 69.1 Å². The van der Waals surface area contributed by atoms with Crippen molar-refractivity contribution in [2.24, 2.45) is 4.99 Å². The van der Waals surface area contributed by atoms with Crippen molar-refractivity contribution in [2.75, 3.05) is 10.7 Å². The van der Waals surface area contributed by atoms with Gasteiger partial charge >= 0.3 is 0 Å². The molecule has 6 nitrogen and oxygen atoms in total. The number of benzene rings is 1. The van der Waals surface area contributed by atoms with Crippen LogP contribution in [0.3, 0.4) is 0 Å². The van der Waals surface area contributed by atoms with Gasteiger partial charge in [-0.25, -0.2) is 4.98 Å². The summed E-state index contributed by atoms with van der Waals surface area (Å²) in [5, 5.41) is 1.58. The average Bonchev–Trinajstić information content (AvgIpc) is 3.15. The van der Waals surface area contributed by atoms with E-state index < -0.39 is 5.91 Å². The molecule has 0 saturated heterocycles. The van der Waals surface area contributed by atoms with Gasteiger partial charge in [0.1, 0.15) is 11.2 Å². The fourth-order valence-electron chi connectivity index (χ4n) is 3.36. The van der Waals surface area contributed by atoms with E-state index in [1.807, 2.05) is 25.3 Å². The van der Waals surface area contributed by atoms with Crippen LogP contribution in [0.4, 0.5) is 5.69 Å². The smallest absolute Gasteiger partial charge is 0.269 e. The van der Waals surface area contributed by atoms with Gasteiger partial charge in [-0.05, 0) is 57.2 Å². The summed E-state index contributed by atoms with van der Waals surface area (Å²) in [5.41, 5.74) is 1.78. The number of rotatable bonds is 3. The molecule has 4 rings (SSSR count). The minimum atomic E-state index is -0.410. The maximum Gasteiger partial charge on any atom is 0.269 e. The number of anilines is 1. The van der Waals surface area contributed by atoms with Gasteiger partial charge in [0.25, 0.3) is 5.91 Å². The number of aryl methyl sites for hydroxylation is 2. The molecule has 30 heavy (non-hydrogen) atoms. The molecular weight excluding hydrogens is 420 g/mol. The number of amidine groups is 1. The van der Waals surface area contributed by atoms with Crippen LogP contribution in [-0.2, 0) is 6.54 Å². The highest BCUT2D eigenvalue weighted by Crippen LogP contribution is 2.28. The van der Waals surface area contributed by atoms with Gasteiger partial charge in [0.15, 0.2) is 5.17 Å². The third-order valence-corrected chi connectivity index (χ3v) is 6.34. The van der Waals surface area contributed by atoms with Gasteiger partial charge in [0.05, 0.1) is 17.1 Å². The van der Waals surface area contributed by atoms with Crippen molar-refractivity contribution in [1.29, 1.82) is 0 Å². The summed E-state index contributed by atoms with van der Waals surface area (Å²) in [6.45, 7) is 6.42. The van der Waals surface area contributed by atoms with Gasteiger partial charge in [0.2, 0.25) is 5.43 Å². The first-order chi connectivity index (χ1) is 14.4. The monoisotopic (exact) mass is 440 g/mol. The van der Waals surface area contributed by atoms with Crippen LogP contribution in [0, 0.1) is 6.92 Å². The lowest BCUT2D eigenvalue weighted by Crippen LogP contribution is -2.38. The molecule has 3 aromatic rings. The minimum absolute atomic E-state index is 0.0906. The molecule has 3 heterocycles. The molecule has 0 spiro atoms. The number of aromatic nitrogens is 2. The van der Waals surface area contributed by atoms with Crippen LogP contribution < -0.4 is 10.3 Å². The highest BCUT2D eigenvalue weighted by atomic mass is 35.5. The predicted octanol–water partition coefficient (Wildman–Crippen LogP) is 4.52. The van der Waals surface area contributed by atoms with Gasteiger partial charge < -0.3 is 4.57 Å². The molecule has 2 aromatic heterocycles. The van der Waals surface area contributed by atoms with E-state index >= 15 is 0 Å². The molecule has 1 aromatic carbocycles. The second-order valence-electron chi connectivity index (χ2n) is 7.17. The highest BCUT2D eigenvalue weighted by molar-refractivity contribution is 8.14. The Balaban J connectivity index is 1.90. The third kappa shape index (κ3) is 3.75. The van der Waals surface area contributed by atoms with Crippen molar-refractivity contribution >= 4 is 51.2 Å². The van der Waals surface area contributed by atoms with Crippen LogP contribution in [0.5, 0.6) is 0 Å². The van der Waals surface area contributed by atoms with Crippen LogP contribution in [0.2, 0.25) is 5.02 Å². The standard InChI is InChI=1S/C22H21ClN4O2S/c1-4-26-11-18(19(28)17-10-5-13(2)24-20(17)26)21(29)27(22-25-14(3)12-30-22)16-8-6-15(23)7-9-16/h5-11,14H,4,12H2,1-3H3/t14-/m1/s1. The fraction of sp³-hybridized carbons (Fsp3) is 0.273. The first-order valence-electron chi connectivity index (χ1n) is 9.70. The average molecular weight is 441 g/mol. The summed E-state index contributed by atoms with van der Waals surface area (Å²) in [6.07, 6.45) is 1.60. The zero-order valence-corrected chi connectivity index (χ0v) is 18.5. The first-order valence-corrected chi connectivity index (χ1v) is 11.1. The highest BCUT2D eigenvalue weighted by Gasteiger charge is 2.30. The molecule has 0 radical (unpaired) electrons.